The van der Waals surface area contributed by atoms with Crippen molar-refractivity contribution >= 4 is 5.69 Å². The van der Waals surface area contributed by atoms with Crippen molar-refractivity contribution in [1.29, 1.82) is 0 Å². The topological polar surface area (TPSA) is 44.5 Å². The summed E-state index contributed by atoms with van der Waals surface area (Å²) in [6, 6.07) is 3.15. The van der Waals surface area contributed by atoms with E-state index in [1.807, 2.05) is 20.8 Å². The van der Waals surface area contributed by atoms with Gasteiger partial charge in [0.15, 0.2) is 0 Å². The monoisotopic (exact) mass is 277 g/mol. The van der Waals surface area contributed by atoms with Crippen molar-refractivity contribution in [2.24, 2.45) is 0 Å². The predicted octanol–water partition coefficient (Wildman–Crippen LogP) is 3.48. The SMILES string of the molecule is CC(C)(C)OCCOc1cc(N)cc(C(F)(F)F)c1. The molecule has 3 nitrogen and oxygen atoms in total. The number of nitrogens with two attached hydrogens (primary N) is 1. The largest absolute Gasteiger partial charge is 0.491 e. The minimum absolute atomic E-state index is 0.0153. The summed E-state index contributed by atoms with van der Waals surface area (Å²) in [5.41, 5.74) is 4.30. The van der Waals surface area contributed by atoms with Crippen LogP contribution in [0.1, 0.15) is 26.3 Å². The molecule has 1 rings (SSSR count). The summed E-state index contributed by atoms with van der Waals surface area (Å²) in [6.45, 7) is 6.11. The molecule has 108 valence electrons. The Labute approximate surface area is 110 Å². The standard InChI is InChI=1S/C13H18F3NO2/c1-12(2,3)19-5-4-18-11-7-9(13(14,15)16)6-10(17)8-11/h6-8H,4-5,17H2,1-3H3. The van der Waals surface area contributed by atoms with E-state index in [1.165, 1.54) is 6.07 Å². The van der Waals surface area contributed by atoms with Gasteiger partial charge in [-0.25, -0.2) is 0 Å². The fourth-order valence-electron chi connectivity index (χ4n) is 1.38. The van der Waals surface area contributed by atoms with Crippen LogP contribution in [0.4, 0.5) is 18.9 Å². The van der Waals surface area contributed by atoms with E-state index in [2.05, 4.69) is 0 Å². The molecule has 0 aromatic heterocycles. The first-order valence-corrected chi connectivity index (χ1v) is 5.82. The molecule has 1 aromatic carbocycles. The maximum Gasteiger partial charge on any atom is 0.416 e. The quantitative estimate of drug-likeness (QED) is 0.677. The number of hydrogen-bond acceptors (Lipinski definition) is 3. The average molecular weight is 277 g/mol. The highest BCUT2D eigenvalue weighted by Crippen LogP contribution is 2.33. The Morgan fingerprint density at radius 2 is 1.68 bits per heavy atom. The Kier molecular flexibility index (Phi) is 4.68. The van der Waals surface area contributed by atoms with Crippen molar-refractivity contribution < 1.29 is 22.6 Å². The van der Waals surface area contributed by atoms with Crippen LogP contribution in [0.2, 0.25) is 0 Å². The first kappa shape index (κ1) is 15.6. The third-order valence-electron chi connectivity index (χ3n) is 2.14. The molecule has 0 aliphatic rings. The summed E-state index contributed by atoms with van der Waals surface area (Å²) in [5, 5.41) is 0. The first-order valence-electron chi connectivity index (χ1n) is 5.82. The van der Waals surface area contributed by atoms with E-state index < -0.39 is 11.7 Å². The van der Waals surface area contributed by atoms with Crippen LogP contribution in [0, 0.1) is 0 Å². The fourth-order valence-corrected chi connectivity index (χ4v) is 1.38. The molecule has 0 unspecified atom stereocenters. The lowest BCUT2D eigenvalue weighted by Gasteiger charge is -2.19. The van der Waals surface area contributed by atoms with E-state index in [4.69, 9.17) is 15.2 Å². The molecule has 0 fully saturated rings. The number of alkyl halides is 3. The van der Waals surface area contributed by atoms with E-state index in [1.54, 1.807) is 0 Å². The lowest BCUT2D eigenvalue weighted by molar-refractivity contribution is -0.137. The van der Waals surface area contributed by atoms with Crippen LogP contribution in [0.3, 0.4) is 0 Å². The third-order valence-corrected chi connectivity index (χ3v) is 2.14. The molecule has 1 aromatic rings. The number of hydrogen-bond donors (Lipinski definition) is 1. The van der Waals surface area contributed by atoms with Gasteiger partial charge in [0, 0.05) is 11.8 Å². The molecule has 6 heteroatoms. The van der Waals surface area contributed by atoms with Crippen LogP contribution >= 0.6 is 0 Å². The second-order valence-electron chi connectivity index (χ2n) is 5.10. The summed E-state index contributed by atoms with van der Waals surface area (Å²) in [4.78, 5) is 0. The van der Waals surface area contributed by atoms with Crippen LogP contribution in [0.15, 0.2) is 18.2 Å². The molecule has 0 saturated carbocycles. The Bertz CT molecular complexity index is 425. The van der Waals surface area contributed by atoms with Gasteiger partial charge in [-0.2, -0.15) is 13.2 Å². The van der Waals surface area contributed by atoms with Gasteiger partial charge in [0.05, 0.1) is 17.8 Å². The van der Waals surface area contributed by atoms with Crippen molar-refractivity contribution in [2.75, 3.05) is 18.9 Å². The second-order valence-corrected chi connectivity index (χ2v) is 5.10. The third kappa shape index (κ3) is 5.83. The Balaban J connectivity index is 2.62. The maximum absolute atomic E-state index is 12.6. The number of benzene rings is 1. The van der Waals surface area contributed by atoms with E-state index in [9.17, 15) is 13.2 Å². The molecule has 0 saturated heterocycles. The summed E-state index contributed by atoms with van der Waals surface area (Å²) >= 11 is 0. The zero-order valence-electron chi connectivity index (χ0n) is 11.2. The van der Waals surface area contributed by atoms with Crippen molar-refractivity contribution in [3.63, 3.8) is 0 Å². The van der Waals surface area contributed by atoms with Crippen LogP contribution < -0.4 is 10.5 Å². The first-order chi connectivity index (χ1) is 8.58. The molecule has 0 aliphatic carbocycles. The zero-order valence-corrected chi connectivity index (χ0v) is 11.2. The number of rotatable bonds is 4. The van der Waals surface area contributed by atoms with Crippen molar-refractivity contribution in [3.8, 4) is 5.75 Å². The predicted molar refractivity (Wildman–Crippen MR) is 67.1 cm³/mol. The van der Waals surface area contributed by atoms with Crippen LogP contribution in [0.25, 0.3) is 0 Å². The van der Waals surface area contributed by atoms with Gasteiger partial charge in [0.1, 0.15) is 12.4 Å². The van der Waals surface area contributed by atoms with Gasteiger partial charge in [-0.15, -0.1) is 0 Å². The lowest BCUT2D eigenvalue weighted by atomic mass is 10.2. The maximum atomic E-state index is 12.6. The van der Waals surface area contributed by atoms with Gasteiger partial charge in [-0.3, -0.25) is 0 Å². The van der Waals surface area contributed by atoms with E-state index in [0.717, 1.165) is 12.1 Å². The summed E-state index contributed by atoms with van der Waals surface area (Å²) in [5.74, 6) is 0.0878. The highest BCUT2D eigenvalue weighted by Gasteiger charge is 2.31. The number of nitrogen functional groups attached to an aromatic ring is 1. The summed E-state index contributed by atoms with van der Waals surface area (Å²) < 4.78 is 48.3. The van der Waals surface area contributed by atoms with E-state index in [0.29, 0.717) is 6.61 Å². The van der Waals surface area contributed by atoms with Gasteiger partial charge in [-0.05, 0) is 32.9 Å². The summed E-state index contributed by atoms with van der Waals surface area (Å²) in [6.07, 6.45) is -4.44. The number of anilines is 1. The molecule has 0 amide bonds. The van der Waals surface area contributed by atoms with Gasteiger partial charge in [-0.1, -0.05) is 0 Å². The normalized spacial score (nSPS) is 12.5. The molecular weight excluding hydrogens is 259 g/mol. The van der Waals surface area contributed by atoms with Crippen LogP contribution in [0.5, 0.6) is 5.75 Å². The van der Waals surface area contributed by atoms with E-state index in [-0.39, 0.29) is 23.6 Å². The van der Waals surface area contributed by atoms with Gasteiger partial charge in [0.2, 0.25) is 0 Å². The second kappa shape index (κ2) is 5.69. The lowest BCUT2D eigenvalue weighted by Crippen LogP contribution is -2.22. The van der Waals surface area contributed by atoms with E-state index >= 15 is 0 Å². The summed E-state index contributed by atoms with van der Waals surface area (Å²) in [7, 11) is 0. The van der Waals surface area contributed by atoms with Gasteiger partial charge in [0.25, 0.3) is 0 Å². The molecular formula is C13H18F3NO2. The van der Waals surface area contributed by atoms with Crippen LogP contribution in [-0.4, -0.2) is 18.8 Å². The van der Waals surface area contributed by atoms with Gasteiger partial charge >= 0.3 is 6.18 Å². The molecule has 0 radical (unpaired) electrons. The zero-order chi connectivity index (χ0) is 14.7. The Morgan fingerprint density at radius 1 is 1.05 bits per heavy atom. The number of ether oxygens (including phenoxy) is 2. The van der Waals surface area contributed by atoms with Crippen molar-refractivity contribution in [2.45, 2.75) is 32.5 Å². The molecule has 0 spiro atoms. The Hall–Kier alpha value is -1.43. The molecule has 0 heterocycles. The highest BCUT2D eigenvalue weighted by atomic mass is 19.4. The van der Waals surface area contributed by atoms with Crippen molar-refractivity contribution in [1.82, 2.24) is 0 Å². The molecule has 19 heavy (non-hydrogen) atoms. The number of halogens is 3. The molecule has 0 atom stereocenters. The van der Waals surface area contributed by atoms with Crippen molar-refractivity contribution in [3.05, 3.63) is 23.8 Å². The molecule has 0 aliphatic heterocycles. The average Bonchev–Trinajstić information content (AvgIpc) is 2.21. The molecule has 2 N–H and O–H groups in total. The minimum atomic E-state index is -4.44. The highest BCUT2D eigenvalue weighted by molar-refractivity contribution is 5.48. The smallest absolute Gasteiger partial charge is 0.416 e. The Morgan fingerprint density at radius 3 is 2.21 bits per heavy atom. The van der Waals surface area contributed by atoms with Crippen LogP contribution in [-0.2, 0) is 10.9 Å². The minimum Gasteiger partial charge on any atom is -0.491 e. The fraction of sp³-hybridized carbons (Fsp3) is 0.538. The molecule has 0 bridgehead atoms. The van der Waals surface area contributed by atoms with Gasteiger partial charge < -0.3 is 15.2 Å².